The zero-order valence-corrected chi connectivity index (χ0v) is 11.9. The van der Waals surface area contributed by atoms with E-state index in [9.17, 15) is 4.39 Å². The number of halogens is 3. The number of aromatic nitrogens is 2. The number of benzene rings is 1. The molecule has 90 valence electrons. The summed E-state index contributed by atoms with van der Waals surface area (Å²) in [7, 11) is 0. The molecule has 6 heteroatoms. The maximum absolute atomic E-state index is 13.2. The number of rotatable bonds is 4. The largest absolute Gasteiger partial charge is 0.207 e. The van der Waals surface area contributed by atoms with Gasteiger partial charge in [-0.1, -0.05) is 27.3 Å². The SMILES string of the molecule is Fc1cc(Br)cc(-c2nnc(CCCCl)s2)c1. The van der Waals surface area contributed by atoms with Crippen LogP contribution in [0.2, 0.25) is 0 Å². The van der Waals surface area contributed by atoms with Gasteiger partial charge < -0.3 is 0 Å². The predicted molar refractivity (Wildman–Crippen MR) is 72.0 cm³/mol. The third-order valence-corrected chi connectivity index (χ3v) is 3.86. The van der Waals surface area contributed by atoms with Crippen LogP contribution < -0.4 is 0 Å². The van der Waals surface area contributed by atoms with Gasteiger partial charge in [-0.2, -0.15) is 0 Å². The van der Waals surface area contributed by atoms with Gasteiger partial charge >= 0.3 is 0 Å². The van der Waals surface area contributed by atoms with Crippen LogP contribution in [0.15, 0.2) is 22.7 Å². The second-order valence-electron chi connectivity index (χ2n) is 3.45. The fraction of sp³-hybridized carbons (Fsp3) is 0.273. The normalized spacial score (nSPS) is 10.8. The molecule has 1 aromatic carbocycles. The number of hydrogen-bond donors (Lipinski definition) is 0. The maximum atomic E-state index is 13.2. The molecule has 2 nitrogen and oxygen atoms in total. The van der Waals surface area contributed by atoms with Crippen LogP contribution in [0, 0.1) is 5.82 Å². The molecule has 0 saturated heterocycles. The van der Waals surface area contributed by atoms with Crippen molar-refractivity contribution < 1.29 is 4.39 Å². The second-order valence-corrected chi connectivity index (χ2v) is 5.81. The Bertz CT molecular complexity index is 498. The average Bonchev–Trinajstić information content (AvgIpc) is 2.73. The zero-order valence-electron chi connectivity index (χ0n) is 8.79. The molecule has 0 aliphatic heterocycles. The third-order valence-electron chi connectivity index (χ3n) is 2.10. The van der Waals surface area contributed by atoms with Gasteiger partial charge in [-0.25, -0.2) is 4.39 Å². The van der Waals surface area contributed by atoms with Crippen molar-refractivity contribution in [2.24, 2.45) is 0 Å². The highest BCUT2D eigenvalue weighted by atomic mass is 79.9. The third kappa shape index (κ3) is 3.47. The summed E-state index contributed by atoms with van der Waals surface area (Å²) >= 11 is 10.4. The Hall–Kier alpha value is -0.520. The van der Waals surface area contributed by atoms with E-state index in [4.69, 9.17) is 11.6 Å². The molecule has 0 saturated carbocycles. The molecule has 0 atom stereocenters. The van der Waals surface area contributed by atoms with Crippen LogP contribution in [0.1, 0.15) is 11.4 Å². The molecule has 17 heavy (non-hydrogen) atoms. The molecule has 0 spiro atoms. The lowest BCUT2D eigenvalue weighted by atomic mass is 10.2. The molecule has 0 aliphatic carbocycles. The fourth-order valence-corrected chi connectivity index (χ4v) is 2.83. The van der Waals surface area contributed by atoms with Crippen LogP contribution >= 0.6 is 38.9 Å². The molecule has 0 amide bonds. The van der Waals surface area contributed by atoms with Crippen LogP contribution in [0.5, 0.6) is 0 Å². The lowest BCUT2D eigenvalue weighted by Crippen LogP contribution is -1.84. The lowest BCUT2D eigenvalue weighted by molar-refractivity contribution is 0.627. The number of nitrogens with zero attached hydrogens (tertiary/aromatic N) is 2. The molecule has 0 bridgehead atoms. The van der Waals surface area contributed by atoms with Gasteiger partial charge in [0.25, 0.3) is 0 Å². The monoisotopic (exact) mass is 334 g/mol. The van der Waals surface area contributed by atoms with Crippen molar-refractivity contribution >= 4 is 38.9 Å². The van der Waals surface area contributed by atoms with Crippen LogP contribution in [0.4, 0.5) is 4.39 Å². The zero-order chi connectivity index (χ0) is 12.3. The Morgan fingerprint density at radius 1 is 1.29 bits per heavy atom. The first-order valence-electron chi connectivity index (χ1n) is 5.04. The van der Waals surface area contributed by atoms with E-state index in [0.29, 0.717) is 10.4 Å². The molecular weight excluding hydrogens is 327 g/mol. The van der Waals surface area contributed by atoms with Gasteiger partial charge in [-0.15, -0.1) is 21.8 Å². The van der Waals surface area contributed by atoms with Crippen LogP contribution in [-0.4, -0.2) is 16.1 Å². The Labute approximate surface area is 116 Å². The summed E-state index contributed by atoms with van der Waals surface area (Å²) in [5.41, 5.74) is 0.742. The van der Waals surface area contributed by atoms with Gasteiger partial charge in [-0.3, -0.25) is 0 Å². The van der Waals surface area contributed by atoms with Gasteiger partial charge in [0, 0.05) is 22.3 Å². The standard InChI is InChI=1S/C11H9BrClFN2S/c12-8-4-7(5-9(14)6-8)11-16-15-10(17-11)2-1-3-13/h4-6H,1-3H2. The highest BCUT2D eigenvalue weighted by molar-refractivity contribution is 9.10. The van der Waals surface area contributed by atoms with E-state index in [1.165, 1.54) is 23.5 Å². The summed E-state index contributed by atoms with van der Waals surface area (Å²) in [5.74, 6) is 0.326. The van der Waals surface area contributed by atoms with E-state index in [-0.39, 0.29) is 5.82 Å². The van der Waals surface area contributed by atoms with Gasteiger partial charge in [0.15, 0.2) is 0 Å². The van der Waals surface area contributed by atoms with Crippen LogP contribution in [-0.2, 0) is 6.42 Å². The smallest absolute Gasteiger partial charge is 0.147 e. The minimum atomic E-state index is -0.285. The summed E-state index contributed by atoms with van der Waals surface area (Å²) < 4.78 is 13.9. The van der Waals surface area contributed by atoms with Crippen molar-refractivity contribution in [2.75, 3.05) is 5.88 Å². The van der Waals surface area contributed by atoms with Crippen molar-refractivity contribution in [1.29, 1.82) is 0 Å². The van der Waals surface area contributed by atoms with Gasteiger partial charge in [0.1, 0.15) is 15.8 Å². The van der Waals surface area contributed by atoms with E-state index >= 15 is 0 Å². The van der Waals surface area contributed by atoms with Crippen molar-refractivity contribution in [3.8, 4) is 10.6 Å². The van der Waals surface area contributed by atoms with Gasteiger partial charge in [0.05, 0.1) is 0 Å². The molecule has 2 rings (SSSR count). The molecule has 1 aromatic heterocycles. The van der Waals surface area contributed by atoms with Gasteiger partial charge in [-0.05, 0) is 24.6 Å². The lowest BCUT2D eigenvalue weighted by Gasteiger charge is -1.97. The van der Waals surface area contributed by atoms with E-state index in [1.807, 2.05) is 6.07 Å². The maximum Gasteiger partial charge on any atom is 0.147 e. The fourth-order valence-electron chi connectivity index (χ4n) is 1.37. The van der Waals surface area contributed by atoms with Gasteiger partial charge in [0.2, 0.25) is 0 Å². The summed E-state index contributed by atoms with van der Waals surface area (Å²) in [6.07, 6.45) is 1.70. The molecular formula is C11H9BrClFN2S. The highest BCUT2D eigenvalue weighted by Gasteiger charge is 2.08. The first-order valence-corrected chi connectivity index (χ1v) is 7.18. The Kier molecular flexibility index (Phi) is 4.48. The van der Waals surface area contributed by atoms with Crippen molar-refractivity contribution in [3.63, 3.8) is 0 Å². The number of hydrogen-bond acceptors (Lipinski definition) is 3. The minimum Gasteiger partial charge on any atom is -0.207 e. The molecule has 0 unspecified atom stereocenters. The molecule has 0 radical (unpaired) electrons. The first kappa shape index (κ1) is 12.9. The van der Waals surface area contributed by atoms with Crippen LogP contribution in [0.25, 0.3) is 10.6 Å². The first-order chi connectivity index (χ1) is 8.19. The Balaban J connectivity index is 2.24. The minimum absolute atomic E-state index is 0.285. The topological polar surface area (TPSA) is 25.8 Å². The van der Waals surface area contributed by atoms with Crippen LogP contribution in [0.3, 0.4) is 0 Å². The Morgan fingerprint density at radius 2 is 2.12 bits per heavy atom. The quantitative estimate of drug-likeness (QED) is 0.779. The molecule has 0 fully saturated rings. The highest BCUT2D eigenvalue weighted by Crippen LogP contribution is 2.27. The molecule has 0 N–H and O–H groups in total. The second kappa shape index (κ2) is 5.89. The summed E-state index contributed by atoms with van der Waals surface area (Å²) in [6, 6.07) is 4.70. The van der Waals surface area contributed by atoms with E-state index in [2.05, 4.69) is 26.1 Å². The van der Waals surface area contributed by atoms with Crippen molar-refractivity contribution in [3.05, 3.63) is 33.5 Å². The predicted octanol–water partition coefficient (Wildman–Crippen LogP) is 4.28. The average molecular weight is 336 g/mol. The number of aryl methyl sites for hydroxylation is 1. The number of alkyl halides is 1. The van der Waals surface area contributed by atoms with E-state index in [0.717, 1.165) is 28.4 Å². The molecule has 2 aromatic rings. The van der Waals surface area contributed by atoms with Crippen molar-refractivity contribution in [2.45, 2.75) is 12.8 Å². The summed E-state index contributed by atoms with van der Waals surface area (Å²) in [4.78, 5) is 0. The van der Waals surface area contributed by atoms with Crippen molar-refractivity contribution in [1.82, 2.24) is 10.2 Å². The summed E-state index contributed by atoms with van der Waals surface area (Å²) in [6.45, 7) is 0. The van der Waals surface area contributed by atoms with E-state index < -0.39 is 0 Å². The molecule has 1 heterocycles. The van der Waals surface area contributed by atoms with E-state index in [1.54, 1.807) is 0 Å². The summed E-state index contributed by atoms with van der Waals surface area (Å²) in [5, 5.41) is 9.78. The molecule has 0 aliphatic rings. The Morgan fingerprint density at radius 3 is 2.82 bits per heavy atom.